The summed E-state index contributed by atoms with van der Waals surface area (Å²) < 4.78 is 11.9. The third-order valence-electron chi connectivity index (χ3n) is 3.70. The summed E-state index contributed by atoms with van der Waals surface area (Å²) in [5, 5.41) is 12.4. The molecule has 0 aliphatic heterocycles. The van der Waals surface area contributed by atoms with Crippen molar-refractivity contribution in [3.63, 3.8) is 0 Å². The van der Waals surface area contributed by atoms with E-state index in [4.69, 9.17) is 9.47 Å². The molecule has 8 heteroatoms. The van der Waals surface area contributed by atoms with Crippen molar-refractivity contribution in [2.45, 2.75) is 12.1 Å². The van der Waals surface area contributed by atoms with E-state index in [0.717, 1.165) is 5.69 Å². The van der Waals surface area contributed by atoms with Crippen molar-refractivity contribution in [1.29, 1.82) is 0 Å². The molecule has 1 heterocycles. The summed E-state index contributed by atoms with van der Waals surface area (Å²) in [5.74, 6) is 6.40. The molecule has 2 aromatic carbocycles. The normalized spacial score (nSPS) is 10.1. The highest BCUT2D eigenvalue weighted by atomic mass is 32.2. The fourth-order valence-electron chi connectivity index (χ4n) is 2.25. The molecule has 7 nitrogen and oxygen atoms in total. The van der Waals surface area contributed by atoms with Crippen molar-refractivity contribution in [2.75, 3.05) is 19.5 Å². The molecule has 1 aromatic heterocycles. The number of aromatic nitrogens is 4. The lowest BCUT2D eigenvalue weighted by atomic mass is 10.2. The molecule has 0 fully saturated rings. The third-order valence-corrected chi connectivity index (χ3v) is 4.50. The Labute approximate surface area is 167 Å². The van der Waals surface area contributed by atoms with Crippen LogP contribution in [-0.2, 0) is 4.74 Å². The van der Waals surface area contributed by atoms with Gasteiger partial charge in [-0.3, -0.25) is 0 Å². The van der Waals surface area contributed by atoms with Crippen molar-refractivity contribution in [3.05, 3.63) is 59.7 Å². The van der Waals surface area contributed by atoms with Gasteiger partial charge in [-0.15, -0.1) is 5.10 Å². The lowest BCUT2D eigenvalue weighted by Gasteiger charge is -2.03. The van der Waals surface area contributed by atoms with Crippen molar-refractivity contribution in [1.82, 2.24) is 20.2 Å². The molecule has 0 atom stereocenters. The predicted octanol–water partition coefficient (Wildman–Crippen LogP) is 2.93. The Morgan fingerprint density at radius 2 is 2.00 bits per heavy atom. The van der Waals surface area contributed by atoms with E-state index in [1.54, 1.807) is 36.1 Å². The minimum Gasteiger partial charge on any atom is -0.497 e. The van der Waals surface area contributed by atoms with Gasteiger partial charge in [0.2, 0.25) is 5.16 Å². The highest BCUT2D eigenvalue weighted by Gasteiger charge is 2.08. The minimum atomic E-state index is -0.441. The van der Waals surface area contributed by atoms with Gasteiger partial charge in [-0.1, -0.05) is 47.4 Å². The van der Waals surface area contributed by atoms with Crippen molar-refractivity contribution in [3.8, 4) is 23.3 Å². The maximum atomic E-state index is 12.0. The highest BCUT2D eigenvalue weighted by molar-refractivity contribution is 7.99. The number of esters is 1. The van der Waals surface area contributed by atoms with Crippen molar-refractivity contribution in [2.24, 2.45) is 0 Å². The lowest BCUT2D eigenvalue weighted by molar-refractivity contribution is 0.0556. The Morgan fingerprint density at radius 1 is 1.18 bits per heavy atom. The molecule has 3 rings (SSSR count). The fraction of sp³-hybridized carbons (Fsp3) is 0.200. The Hall–Kier alpha value is -3.31. The van der Waals surface area contributed by atoms with Crippen molar-refractivity contribution >= 4 is 17.7 Å². The summed E-state index contributed by atoms with van der Waals surface area (Å²) in [6, 6.07) is 14.7. The van der Waals surface area contributed by atoms with E-state index in [9.17, 15) is 4.79 Å². The average Bonchev–Trinajstić information content (AvgIpc) is 3.19. The number of tetrazole rings is 1. The Kier molecular flexibility index (Phi) is 6.65. The number of carbonyl (C=O) groups is 1. The molecule has 0 N–H and O–H groups in total. The summed E-state index contributed by atoms with van der Waals surface area (Å²) in [6.07, 6.45) is 0. The molecule has 0 amide bonds. The van der Waals surface area contributed by atoms with Gasteiger partial charge in [-0.2, -0.15) is 4.68 Å². The molecule has 0 radical (unpaired) electrons. The summed E-state index contributed by atoms with van der Waals surface area (Å²) >= 11 is 1.41. The van der Waals surface area contributed by atoms with Crippen LogP contribution < -0.4 is 4.74 Å². The smallest absolute Gasteiger partial charge is 0.339 e. The molecule has 3 aromatic rings. The zero-order valence-corrected chi connectivity index (χ0v) is 16.3. The standard InChI is InChI=1S/C20H18N4O3S/c1-15-8-10-17(11-9-15)24-20(21-22-23-24)28-13-4-3-12-27-19(25)16-6-5-7-18(14-16)26-2/h5-11,14H,12-13H2,1-2H3. The van der Waals surface area contributed by atoms with E-state index in [1.807, 2.05) is 31.2 Å². The number of ether oxygens (including phenoxy) is 2. The largest absolute Gasteiger partial charge is 0.497 e. The quantitative estimate of drug-likeness (QED) is 0.361. The minimum absolute atomic E-state index is 0.0134. The maximum Gasteiger partial charge on any atom is 0.339 e. The van der Waals surface area contributed by atoms with Gasteiger partial charge in [-0.25, -0.2) is 4.79 Å². The van der Waals surface area contributed by atoms with Gasteiger partial charge < -0.3 is 9.47 Å². The van der Waals surface area contributed by atoms with Crippen LogP contribution in [0.15, 0.2) is 53.7 Å². The molecule has 28 heavy (non-hydrogen) atoms. The van der Waals surface area contributed by atoms with E-state index in [2.05, 4.69) is 27.4 Å². The van der Waals surface area contributed by atoms with Gasteiger partial charge in [0.25, 0.3) is 0 Å². The summed E-state index contributed by atoms with van der Waals surface area (Å²) in [7, 11) is 1.54. The molecule has 142 valence electrons. The number of nitrogens with zero attached hydrogens (tertiary/aromatic N) is 4. The molecule has 0 aliphatic carbocycles. The summed E-state index contributed by atoms with van der Waals surface area (Å²) in [6.45, 7) is 2.04. The van der Waals surface area contributed by atoms with Gasteiger partial charge >= 0.3 is 5.97 Å². The van der Waals surface area contributed by atoms with Crippen LogP contribution in [0.5, 0.6) is 5.75 Å². The van der Waals surface area contributed by atoms with E-state index < -0.39 is 5.97 Å². The number of benzene rings is 2. The third kappa shape index (κ3) is 5.11. The van der Waals surface area contributed by atoms with Gasteiger partial charge in [0.1, 0.15) is 5.75 Å². The van der Waals surface area contributed by atoms with Crippen LogP contribution in [0.25, 0.3) is 5.69 Å². The lowest BCUT2D eigenvalue weighted by Crippen LogP contribution is -2.05. The number of carbonyl (C=O) groups excluding carboxylic acids is 1. The summed E-state index contributed by atoms with van der Waals surface area (Å²) in [4.78, 5) is 12.0. The first-order valence-electron chi connectivity index (χ1n) is 8.42. The van der Waals surface area contributed by atoms with Gasteiger partial charge in [0, 0.05) is 0 Å². The first-order chi connectivity index (χ1) is 13.7. The molecule has 0 saturated heterocycles. The zero-order valence-electron chi connectivity index (χ0n) is 15.5. The molecular weight excluding hydrogens is 376 g/mol. The number of methoxy groups -OCH3 is 1. The molecule has 0 unspecified atom stereocenters. The van der Waals surface area contributed by atoms with Crippen LogP contribution in [0.3, 0.4) is 0 Å². The number of thioether (sulfide) groups is 1. The second-order valence-electron chi connectivity index (χ2n) is 5.66. The van der Waals surface area contributed by atoms with Crippen molar-refractivity contribution < 1.29 is 14.3 Å². The monoisotopic (exact) mass is 394 g/mol. The first-order valence-corrected chi connectivity index (χ1v) is 9.41. The van der Waals surface area contributed by atoms with Crippen LogP contribution in [0.1, 0.15) is 15.9 Å². The number of hydrogen-bond acceptors (Lipinski definition) is 7. The second kappa shape index (κ2) is 9.58. The number of hydrogen-bond donors (Lipinski definition) is 0. The SMILES string of the molecule is COc1cccc(C(=O)OCC#CCSc2nnnn2-c2ccc(C)cc2)c1. The van der Waals surface area contributed by atoms with Gasteiger partial charge in [0.15, 0.2) is 6.61 Å². The van der Waals surface area contributed by atoms with Gasteiger partial charge in [-0.05, 0) is 47.7 Å². The van der Waals surface area contributed by atoms with E-state index in [-0.39, 0.29) is 6.61 Å². The molecule has 0 bridgehead atoms. The highest BCUT2D eigenvalue weighted by Crippen LogP contribution is 2.18. The fourth-order valence-corrected chi connectivity index (χ4v) is 2.92. The Morgan fingerprint density at radius 3 is 2.79 bits per heavy atom. The van der Waals surface area contributed by atoms with Crippen LogP contribution in [0.4, 0.5) is 0 Å². The molecule has 0 aliphatic rings. The molecule has 0 saturated carbocycles. The predicted molar refractivity (Wildman–Crippen MR) is 106 cm³/mol. The maximum absolute atomic E-state index is 12.0. The molecular formula is C20H18N4O3S. The van der Waals surface area contributed by atoms with Crippen LogP contribution in [0.2, 0.25) is 0 Å². The first kappa shape index (κ1) is 19.5. The average molecular weight is 394 g/mol. The van der Waals surface area contributed by atoms with Crippen LogP contribution >= 0.6 is 11.8 Å². The van der Waals surface area contributed by atoms with E-state index in [0.29, 0.717) is 22.2 Å². The zero-order chi connectivity index (χ0) is 19.8. The topological polar surface area (TPSA) is 79.1 Å². The second-order valence-corrected chi connectivity index (χ2v) is 6.60. The number of aryl methyl sites for hydroxylation is 1. The Bertz CT molecular complexity index is 1010. The van der Waals surface area contributed by atoms with Crippen LogP contribution in [0, 0.1) is 18.8 Å². The number of rotatable bonds is 6. The van der Waals surface area contributed by atoms with Crippen LogP contribution in [-0.4, -0.2) is 45.6 Å². The van der Waals surface area contributed by atoms with E-state index in [1.165, 1.54) is 17.3 Å². The molecule has 0 spiro atoms. The Balaban J connectivity index is 1.49. The van der Waals surface area contributed by atoms with E-state index >= 15 is 0 Å². The summed E-state index contributed by atoms with van der Waals surface area (Å²) in [5.41, 5.74) is 2.48. The van der Waals surface area contributed by atoms with Gasteiger partial charge in [0.05, 0.1) is 24.1 Å².